The molecule has 1 saturated heterocycles. The van der Waals surface area contributed by atoms with E-state index in [2.05, 4.69) is 15.9 Å². The first-order valence-corrected chi connectivity index (χ1v) is 5.81. The predicted molar refractivity (Wildman–Crippen MR) is 65.7 cm³/mol. The van der Waals surface area contributed by atoms with Crippen LogP contribution in [0.2, 0.25) is 0 Å². The van der Waals surface area contributed by atoms with Gasteiger partial charge in [-0.2, -0.15) is 0 Å². The Morgan fingerprint density at radius 3 is 2.76 bits per heavy atom. The lowest BCUT2D eigenvalue weighted by atomic mass is 10.2. The minimum Gasteiger partial charge on any atom is -0.320 e. The third-order valence-corrected chi connectivity index (χ3v) is 3.35. The highest BCUT2D eigenvalue weighted by Crippen LogP contribution is 2.32. The molecule has 0 bridgehead atoms. The lowest BCUT2D eigenvalue weighted by Gasteiger charge is -2.17. The van der Waals surface area contributed by atoms with Gasteiger partial charge in [0, 0.05) is 23.2 Å². The first-order chi connectivity index (χ1) is 8.00. The van der Waals surface area contributed by atoms with Gasteiger partial charge in [0.2, 0.25) is 5.91 Å². The molecule has 90 valence electrons. The third-order valence-electron chi connectivity index (χ3n) is 2.68. The van der Waals surface area contributed by atoms with Crippen molar-refractivity contribution in [3.8, 4) is 0 Å². The summed E-state index contributed by atoms with van der Waals surface area (Å²) in [7, 11) is 0. The molecule has 1 aliphatic heterocycles. The van der Waals surface area contributed by atoms with Crippen LogP contribution in [0.5, 0.6) is 0 Å². The van der Waals surface area contributed by atoms with Gasteiger partial charge in [-0.3, -0.25) is 14.9 Å². The van der Waals surface area contributed by atoms with E-state index in [-0.39, 0.29) is 11.6 Å². The standard InChI is InChI=1S/C10H10BrN3O3/c11-7-2-1-6(14(16)17)5-9(7)13-4-3-8(12)10(13)15/h1-2,5,8H,3-4,12H2. The maximum atomic E-state index is 11.7. The Bertz CT molecular complexity index is 492. The molecule has 1 atom stereocenters. The van der Waals surface area contributed by atoms with Crippen molar-refractivity contribution in [1.82, 2.24) is 0 Å². The summed E-state index contributed by atoms with van der Waals surface area (Å²) in [5.41, 5.74) is 6.07. The van der Waals surface area contributed by atoms with E-state index < -0.39 is 11.0 Å². The second-order valence-electron chi connectivity index (χ2n) is 3.78. The molecule has 1 amide bonds. The van der Waals surface area contributed by atoms with E-state index in [0.717, 1.165) is 0 Å². The van der Waals surface area contributed by atoms with Crippen molar-refractivity contribution >= 4 is 33.2 Å². The Morgan fingerprint density at radius 2 is 2.24 bits per heavy atom. The fourth-order valence-corrected chi connectivity index (χ4v) is 2.22. The maximum absolute atomic E-state index is 11.7. The lowest BCUT2D eigenvalue weighted by molar-refractivity contribution is -0.384. The quantitative estimate of drug-likeness (QED) is 0.660. The highest BCUT2D eigenvalue weighted by atomic mass is 79.9. The van der Waals surface area contributed by atoms with Crippen molar-refractivity contribution < 1.29 is 9.72 Å². The first kappa shape index (κ1) is 12.0. The van der Waals surface area contributed by atoms with E-state index in [4.69, 9.17) is 5.73 Å². The number of nitro benzene ring substituents is 1. The summed E-state index contributed by atoms with van der Waals surface area (Å²) >= 11 is 3.28. The summed E-state index contributed by atoms with van der Waals surface area (Å²) in [6.07, 6.45) is 0.563. The average Bonchev–Trinajstić information content (AvgIpc) is 2.60. The summed E-state index contributed by atoms with van der Waals surface area (Å²) in [6, 6.07) is 3.81. The van der Waals surface area contributed by atoms with Crippen LogP contribution < -0.4 is 10.6 Å². The molecule has 0 radical (unpaired) electrons. The van der Waals surface area contributed by atoms with Crippen LogP contribution >= 0.6 is 15.9 Å². The number of nitrogens with two attached hydrogens (primary N) is 1. The van der Waals surface area contributed by atoms with Gasteiger partial charge in [0.25, 0.3) is 5.69 Å². The molecule has 1 unspecified atom stereocenters. The summed E-state index contributed by atoms with van der Waals surface area (Å²) in [4.78, 5) is 23.4. The molecule has 1 aromatic rings. The van der Waals surface area contributed by atoms with E-state index in [1.54, 1.807) is 6.07 Å². The van der Waals surface area contributed by atoms with Crippen LogP contribution in [0.4, 0.5) is 11.4 Å². The van der Waals surface area contributed by atoms with E-state index >= 15 is 0 Å². The highest BCUT2D eigenvalue weighted by Gasteiger charge is 2.31. The smallest absolute Gasteiger partial charge is 0.271 e. The normalized spacial score (nSPS) is 19.8. The molecule has 7 heteroatoms. The van der Waals surface area contributed by atoms with Gasteiger partial charge in [-0.1, -0.05) is 0 Å². The van der Waals surface area contributed by atoms with Gasteiger partial charge in [-0.15, -0.1) is 0 Å². The number of nitro groups is 1. The van der Waals surface area contributed by atoms with Crippen molar-refractivity contribution in [2.75, 3.05) is 11.4 Å². The fraction of sp³-hybridized carbons (Fsp3) is 0.300. The van der Waals surface area contributed by atoms with Crippen molar-refractivity contribution in [1.29, 1.82) is 0 Å². The molecular weight excluding hydrogens is 290 g/mol. The fourth-order valence-electron chi connectivity index (χ4n) is 1.76. The van der Waals surface area contributed by atoms with Gasteiger partial charge in [0.1, 0.15) is 0 Å². The number of nitrogens with zero attached hydrogens (tertiary/aromatic N) is 2. The van der Waals surface area contributed by atoms with Crippen LogP contribution in [0.25, 0.3) is 0 Å². The predicted octanol–water partition coefficient (Wildman–Crippen LogP) is 1.42. The number of benzene rings is 1. The molecular formula is C10H10BrN3O3. The van der Waals surface area contributed by atoms with E-state index in [1.807, 2.05) is 0 Å². The Hall–Kier alpha value is -1.47. The minimum atomic E-state index is -0.513. The van der Waals surface area contributed by atoms with Gasteiger partial charge >= 0.3 is 0 Å². The number of rotatable bonds is 2. The molecule has 1 fully saturated rings. The van der Waals surface area contributed by atoms with Crippen molar-refractivity contribution in [2.45, 2.75) is 12.5 Å². The van der Waals surface area contributed by atoms with Crippen molar-refractivity contribution in [3.05, 3.63) is 32.8 Å². The highest BCUT2D eigenvalue weighted by molar-refractivity contribution is 9.10. The molecule has 2 rings (SSSR count). The van der Waals surface area contributed by atoms with Crippen LogP contribution in [-0.2, 0) is 4.79 Å². The Kier molecular flexibility index (Phi) is 3.12. The number of hydrogen-bond donors (Lipinski definition) is 1. The lowest BCUT2D eigenvalue weighted by Crippen LogP contribution is -2.34. The monoisotopic (exact) mass is 299 g/mol. The number of non-ortho nitro benzene ring substituents is 1. The van der Waals surface area contributed by atoms with E-state index in [9.17, 15) is 14.9 Å². The number of amides is 1. The molecule has 1 heterocycles. The van der Waals surface area contributed by atoms with Crippen LogP contribution in [0, 0.1) is 10.1 Å². The number of halogens is 1. The second-order valence-corrected chi connectivity index (χ2v) is 4.63. The van der Waals surface area contributed by atoms with Gasteiger partial charge in [-0.05, 0) is 28.4 Å². The molecule has 0 spiro atoms. The summed E-state index contributed by atoms with van der Waals surface area (Å²) in [5, 5.41) is 10.7. The van der Waals surface area contributed by atoms with Crippen LogP contribution in [0.3, 0.4) is 0 Å². The Balaban J connectivity index is 2.41. The van der Waals surface area contributed by atoms with Crippen molar-refractivity contribution in [3.63, 3.8) is 0 Å². The van der Waals surface area contributed by atoms with Crippen LogP contribution in [-0.4, -0.2) is 23.4 Å². The average molecular weight is 300 g/mol. The minimum absolute atomic E-state index is 0.0449. The number of carbonyl (C=O) groups is 1. The summed E-state index contributed by atoms with van der Waals surface area (Å²) in [6.45, 7) is 0.486. The SMILES string of the molecule is NC1CCN(c2cc([N+](=O)[O-])ccc2Br)C1=O. The van der Waals surface area contributed by atoms with Crippen LogP contribution in [0.15, 0.2) is 22.7 Å². The van der Waals surface area contributed by atoms with Crippen molar-refractivity contribution in [2.24, 2.45) is 5.73 Å². The number of anilines is 1. The van der Waals surface area contributed by atoms with Gasteiger partial charge in [-0.25, -0.2) is 0 Å². The molecule has 0 aromatic heterocycles. The molecule has 0 saturated carbocycles. The molecule has 6 nitrogen and oxygen atoms in total. The van der Waals surface area contributed by atoms with E-state index in [0.29, 0.717) is 23.1 Å². The zero-order chi connectivity index (χ0) is 12.6. The zero-order valence-electron chi connectivity index (χ0n) is 8.80. The largest absolute Gasteiger partial charge is 0.320 e. The van der Waals surface area contributed by atoms with Gasteiger partial charge in [0.15, 0.2) is 0 Å². The summed E-state index contributed by atoms with van der Waals surface area (Å²) < 4.78 is 0.644. The second kappa shape index (κ2) is 4.42. The Morgan fingerprint density at radius 1 is 1.53 bits per heavy atom. The third kappa shape index (κ3) is 2.16. The first-order valence-electron chi connectivity index (χ1n) is 5.01. The van der Waals surface area contributed by atoms with E-state index in [1.165, 1.54) is 17.0 Å². The molecule has 17 heavy (non-hydrogen) atoms. The van der Waals surface area contributed by atoms with Gasteiger partial charge < -0.3 is 10.6 Å². The zero-order valence-corrected chi connectivity index (χ0v) is 10.4. The number of hydrogen-bond acceptors (Lipinski definition) is 4. The molecule has 2 N–H and O–H groups in total. The molecule has 1 aliphatic rings. The maximum Gasteiger partial charge on any atom is 0.271 e. The van der Waals surface area contributed by atoms with Gasteiger partial charge in [0.05, 0.1) is 16.7 Å². The van der Waals surface area contributed by atoms with Crippen LogP contribution in [0.1, 0.15) is 6.42 Å². The topological polar surface area (TPSA) is 89.5 Å². The molecule has 1 aromatic carbocycles. The number of carbonyl (C=O) groups excluding carboxylic acids is 1. The Labute approximate surface area is 106 Å². The molecule has 0 aliphatic carbocycles. The summed E-state index contributed by atoms with van der Waals surface area (Å²) in [5.74, 6) is -0.203.